The van der Waals surface area contributed by atoms with Crippen molar-refractivity contribution in [1.82, 2.24) is 19.7 Å². The molecule has 4 rings (SSSR count). The summed E-state index contributed by atoms with van der Waals surface area (Å²) in [7, 11) is 0. The summed E-state index contributed by atoms with van der Waals surface area (Å²) in [5, 5.41) is 7.43. The maximum atomic E-state index is 5.85. The summed E-state index contributed by atoms with van der Waals surface area (Å²) in [5.41, 5.74) is 0. The topological polar surface area (TPSA) is 56.1 Å². The lowest BCUT2D eigenvalue weighted by Gasteiger charge is -2.33. The van der Waals surface area contributed by atoms with Crippen LogP contribution in [0.4, 0.5) is 5.82 Å². The Bertz CT molecular complexity index is 726. The fraction of sp³-hybridized carbons (Fsp3) is 0.357. The minimum atomic E-state index is 0.127. The normalized spacial score (nSPS) is 19.2. The Morgan fingerprint density at radius 3 is 3.29 bits per heavy atom. The van der Waals surface area contributed by atoms with E-state index in [1.165, 1.54) is 0 Å². The Labute approximate surface area is 126 Å². The second-order valence-corrected chi connectivity index (χ2v) is 5.90. The molecule has 1 saturated heterocycles. The molecule has 1 aliphatic rings. The van der Waals surface area contributed by atoms with Crippen molar-refractivity contribution in [3.63, 3.8) is 0 Å². The minimum absolute atomic E-state index is 0.127. The molecule has 3 aromatic heterocycles. The molecular weight excluding hydrogens is 286 g/mol. The number of ether oxygens (including phenoxy) is 1. The van der Waals surface area contributed by atoms with Crippen molar-refractivity contribution in [2.75, 3.05) is 24.6 Å². The van der Waals surface area contributed by atoms with Gasteiger partial charge in [0.1, 0.15) is 17.0 Å². The van der Waals surface area contributed by atoms with E-state index >= 15 is 0 Å². The number of hydrogen-bond acceptors (Lipinski definition) is 6. The summed E-state index contributed by atoms with van der Waals surface area (Å²) < 4.78 is 7.76. The average Bonchev–Trinajstić information content (AvgIpc) is 3.18. The molecule has 0 radical (unpaired) electrons. The number of aromatic nitrogens is 4. The van der Waals surface area contributed by atoms with Gasteiger partial charge in [0.25, 0.3) is 0 Å². The third kappa shape index (κ3) is 2.50. The maximum absolute atomic E-state index is 5.85. The van der Waals surface area contributed by atoms with Gasteiger partial charge in [0.2, 0.25) is 0 Å². The van der Waals surface area contributed by atoms with Crippen LogP contribution in [-0.2, 0) is 11.3 Å². The fourth-order valence-electron chi connectivity index (χ4n) is 2.67. The highest BCUT2D eigenvalue weighted by atomic mass is 32.1. The van der Waals surface area contributed by atoms with Gasteiger partial charge in [-0.15, -0.1) is 11.3 Å². The number of anilines is 1. The van der Waals surface area contributed by atoms with Crippen LogP contribution in [-0.4, -0.2) is 45.5 Å². The highest BCUT2D eigenvalue weighted by Crippen LogP contribution is 2.27. The molecule has 108 valence electrons. The monoisotopic (exact) mass is 301 g/mol. The molecule has 0 aromatic carbocycles. The second-order valence-electron chi connectivity index (χ2n) is 5.00. The first kappa shape index (κ1) is 12.7. The summed E-state index contributed by atoms with van der Waals surface area (Å²) in [5.74, 6) is 1.01. The standard InChI is InChI=1S/C14H15N5OS/c1-3-17-19(4-1)9-11-8-18(5-6-20-11)13-12-2-7-21-14(12)16-10-15-13/h1-4,7,10-11H,5-6,8-9H2/t11-/m1/s1. The van der Waals surface area contributed by atoms with Crippen LogP contribution in [0.15, 0.2) is 36.2 Å². The van der Waals surface area contributed by atoms with Gasteiger partial charge in [-0.25, -0.2) is 9.97 Å². The van der Waals surface area contributed by atoms with E-state index in [4.69, 9.17) is 4.74 Å². The lowest BCUT2D eigenvalue weighted by molar-refractivity contribution is 0.0273. The maximum Gasteiger partial charge on any atom is 0.140 e. The lowest BCUT2D eigenvalue weighted by Crippen LogP contribution is -2.44. The van der Waals surface area contributed by atoms with Crippen molar-refractivity contribution < 1.29 is 4.74 Å². The first-order valence-corrected chi connectivity index (χ1v) is 7.80. The zero-order valence-corrected chi connectivity index (χ0v) is 12.2. The van der Waals surface area contributed by atoms with Crippen molar-refractivity contribution in [3.05, 3.63) is 36.2 Å². The average molecular weight is 301 g/mol. The van der Waals surface area contributed by atoms with Crippen LogP contribution >= 0.6 is 11.3 Å². The van der Waals surface area contributed by atoms with Gasteiger partial charge in [-0.05, 0) is 17.5 Å². The first-order valence-electron chi connectivity index (χ1n) is 6.92. The largest absolute Gasteiger partial charge is 0.373 e. The highest BCUT2D eigenvalue weighted by molar-refractivity contribution is 7.16. The lowest BCUT2D eigenvalue weighted by atomic mass is 10.2. The summed E-state index contributed by atoms with van der Waals surface area (Å²) in [6, 6.07) is 4.02. The molecule has 0 saturated carbocycles. The Morgan fingerprint density at radius 1 is 1.38 bits per heavy atom. The Balaban J connectivity index is 1.56. The highest BCUT2D eigenvalue weighted by Gasteiger charge is 2.23. The number of rotatable bonds is 3. The third-order valence-electron chi connectivity index (χ3n) is 3.63. The van der Waals surface area contributed by atoms with Gasteiger partial charge in [-0.3, -0.25) is 4.68 Å². The molecule has 0 bridgehead atoms. The molecule has 0 aliphatic carbocycles. The smallest absolute Gasteiger partial charge is 0.140 e. The van der Waals surface area contributed by atoms with Crippen LogP contribution in [0.5, 0.6) is 0 Å². The van der Waals surface area contributed by atoms with E-state index < -0.39 is 0 Å². The summed E-state index contributed by atoms with van der Waals surface area (Å²) >= 11 is 1.65. The minimum Gasteiger partial charge on any atom is -0.373 e. The zero-order chi connectivity index (χ0) is 14.1. The van der Waals surface area contributed by atoms with E-state index in [0.717, 1.165) is 35.7 Å². The predicted octanol–water partition coefficient (Wildman–Crippen LogP) is 1.79. The molecular formula is C14H15N5OS. The fourth-order valence-corrected chi connectivity index (χ4v) is 3.40. The molecule has 0 spiro atoms. The molecule has 1 aliphatic heterocycles. The van der Waals surface area contributed by atoms with Gasteiger partial charge in [0.15, 0.2) is 0 Å². The van der Waals surface area contributed by atoms with Gasteiger partial charge in [-0.2, -0.15) is 5.10 Å². The SMILES string of the molecule is c1cnn(C[C@H]2CN(c3ncnc4sccc34)CCO2)c1. The van der Waals surface area contributed by atoms with Crippen molar-refractivity contribution in [2.24, 2.45) is 0 Å². The Kier molecular flexibility index (Phi) is 3.28. The third-order valence-corrected chi connectivity index (χ3v) is 4.45. The van der Waals surface area contributed by atoms with Crippen molar-refractivity contribution in [3.8, 4) is 0 Å². The van der Waals surface area contributed by atoms with Crippen LogP contribution in [0.1, 0.15) is 0 Å². The van der Waals surface area contributed by atoms with Gasteiger partial charge >= 0.3 is 0 Å². The van der Waals surface area contributed by atoms with E-state index in [1.54, 1.807) is 23.9 Å². The molecule has 1 fully saturated rings. The van der Waals surface area contributed by atoms with E-state index in [1.807, 2.05) is 16.9 Å². The molecule has 1 atom stereocenters. The van der Waals surface area contributed by atoms with Crippen LogP contribution < -0.4 is 4.90 Å². The van der Waals surface area contributed by atoms with E-state index in [2.05, 4.69) is 31.4 Å². The number of hydrogen-bond donors (Lipinski definition) is 0. The van der Waals surface area contributed by atoms with E-state index in [9.17, 15) is 0 Å². The van der Waals surface area contributed by atoms with Crippen LogP contribution in [0.3, 0.4) is 0 Å². The predicted molar refractivity (Wildman–Crippen MR) is 81.6 cm³/mol. The molecule has 4 heterocycles. The Hall–Kier alpha value is -1.99. The molecule has 6 nitrogen and oxygen atoms in total. The van der Waals surface area contributed by atoms with E-state index in [-0.39, 0.29) is 6.10 Å². The molecule has 3 aromatic rings. The van der Waals surface area contributed by atoms with Crippen LogP contribution in [0.2, 0.25) is 0 Å². The first-order chi connectivity index (χ1) is 10.4. The number of nitrogens with zero attached hydrogens (tertiary/aromatic N) is 5. The molecule has 21 heavy (non-hydrogen) atoms. The van der Waals surface area contributed by atoms with Gasteiger partial charge in [0.05, 0.1) is 24.6 Å². The van der Waals surface area contributed by atoms with Crippen molar-refractivity contribution in [2.45, 2.75) is 12.6 Å². The molecule has 0 unspecified atom stereocenters. The quantitative estimate of drug-likeness (QED) is 0.738. The number of thiophene rings is 1. The molecule has 0 amide bonds. The van der Waals surface area contributed by atoms with Gasteiger partial charge in [0, 0.05) is 25.5 Å². The number of fused-ring (bicyclic) bond motifs is 1. The second kappa shape index (κ2) is 5.42. The van der Waals surface area contributed by atoms with Crippen molar-refractivity contribution in [1.29, 1.82) is 0 Å². The molecule has 0 N–H and O–H groups in total. The van der Waals surface area contributed by atoms with Crippen molar-refractivity contribution >= 4 is 27.4 Å². The summed E-state index contributed by atoms with van der Waals surface area (Å²) in [6.07, 6.45) is 5.53. The van der Waals surface area contributed by atoms with Crippen LogP contribution in [0, 0.1) is 0 Å². The zero-order valence-electron chi connectivity index (χ0n) is 11.4. The van der Waals surface area contributed by atoms with Gasteiger partial charge < -0.3 is 9.64 Å². The van der Waals surface area contributed by atoms with E-state index in [0.29, 0.717) is 6.61 Å². The van der Waals surface area contributed by atoms with Gasteiger partial charge in [-0.1, -0.05) is 0 Å². The molecule has 7 heteroatoms. The van der Waals surface area contributed by atoms with Crippen LogP contribution in [0.25, 0.3) is 10.2 Å². The Morgan fingerprint density at radius 2 is 2.38 bits per heavy atom. The summed E-state index contributed by atoms with van der Waals surface area (Å²) in [6.45, 7) is 3.16. The number of morpholine rings is 1. The summed E-state index contributed by atoms with van der Waals surface area (Å²) in [4.78, 5) is 12.1.